The Morgan fingerprint density at radius 1 is 1.31 bits per heavy atom. The van der Waals surface area contributed by atoms with Crippen LogP contribution < -0.4 is 10.1 Å². The molecule has 0 unspecified atom stereocenters. The van der Waals surface area contributed by atoms with Gasteiger partial charge in [0.2, 0.25) is 0 Å². The van der Waals surface area contributed by atoms with Crippen molar-refractivity contribution in [2.75, 3.05) is 13.1 Å². The van der Waals surface area contributed by atoms with Gasteiger partial charge in [-0.3, -0.25) is 0 Å². The molecule has 0 amide bonds. The number of hydrogen-bond donors (Lipinski definition) is 1. The Kier molecular flexibility index (Phi) is 2.80. The van der Waals surface area contributed by atoms with Gasteiger partial charge in [0.15, 0.2) is 0 Å². The van der Waals surface area contributed by atoms with E-state index in [4.69, 9.17) is 4.74 Å². The Labute approximate surface area is 91.4 Å². The molecule has 2 rings (SSSR count). The third-order valence-electron chi connectivity index (χ3n) is 2.56. The Morgan fingerprint density at radius 2 is 2.00 bits per heavy atom. The van der Waals surface area contributed by atoms with Crippen molar-refractivity contribution in [3.63, 3.8) is 0 Å². The summed E-state index contributed by atoms with van der Waals surface area (Å²) in [7, 11) is 0. The molecule has 0 saturated carbocycles. The topological polar surface area (TPSA) is 21.3 Å². The number of nitrogens with one attached hydrogen (secondary N) is 1. The molecule has 1 N–H and O–H groups in total. The van der Waals surface area contributed by atoms with Gasteiger partial charge in [-0.05, 0) is 24.6 Å². The molecule has 1 aromatic carbocycles. The van der Waals surface area contributed by atoms with Gasteiger partial charge in [-0.1, -0.05) is 6.07 Å². The van der Waals surface area contributed by atoms with Gasteiger partial charge in [0, 0.05) is 13.1 Å². The van der Waals surface area contributed by atoms with Gasteiger partial charge in [-0.25, -0.2) is 0 Å². The fourth-order valence-corrected chi connectivity index (χ4v) is 1.52. The molecule has 1 aliphatic rings. The molecule has 88 valence electrons. The van der Waals surface area contributed by atoms with Crippen molar-refractivity contribution in [2.24, 2.45) is 0 Å². The minimum absolute atomic E-state index is 0.0104. The van der Waals surface area contributed by atoms with E-state index in [-0.39, 0.29) is 17.4 Å². The SMILES string of the molecule is Cc1ccc(OC2CNC2)cc1C(F)(F)F. The molecule has 0 aromatic heterocycles. The molecule has 1 aliphatic heterocycles. The van der Waals surface area contributed by atoms with Crippen molar-refractivity contribution in [3.05, 3.63) is 29.3 Å². The summed E-state index contributed by atoms with van der Waals surface area (Å²) in [6, 6.07) is 4.07. The summed E-state index contributed by atoms with van der Waals surface area (Å²) < 4.78 is 43.2. The summed E-state index contributed by atoms with van der Waals surface area (Å²) in [6.45, 7) is 2.82. The minimum atomic E-state index is -4.32. The predicted molar refractivity (Wildman–Crippen MR) is 53.5 cm³/mol. The third kappa shape index (κ3) is 2.29. The quantitative estimate of drug-likeness (QED) is 0.843. The monoisotopic (exact) mass is 231 g/mol. The first-order valence-electron chi connectivity index (χ1n) is 5.02. The summed E-state index contributed by atoms with van der Waals surface area (Å²) in [6.07, 6.45) is -4.33. The lowest BCUT2D eigenvalue weighted by molar-refractivity contribution is -0.138. The highest BCUT2D eigenvalue weighted by Gasteiger charge is 2.33. The molecular formula is C11H12F3NO. The fraction of sp³-hybridized carbons (Fsp3) is 0.455. The second-order valence-corrected chi connectivity index (χ2v) is 3.87. The van der Waals surface area contributed by atoms with Crippen molar-refractivity contribution in [3.8, 4) is 5.75 Å². The molecule has 0 spiro atoms. The van der Waals surface area contributed by atoms with Gasteiger partial charge in [0.25, 0.3) is 0 Å². The van der Waals surface area contributed by atoms with Crippen LogP contribution in [0.3, 0.4) is 0 Å². The molecule has 16 heavy (non-hydrogen) atoms. The molecule has 2 nitrogen and oxygen atoms in total. The van der Waals surface area contributed by atoms with E-state index in [9.17, 15) is 13.2 Å². The van der Waals surface area contributed by atoms with Crippen LogP contribution in [-0.2, 0) is 6.18 Å². The van der Waals surface area contributed by atoms with Crippen LogP contribution in [0.5, 0.6) is 5.75 Å². The van der Waals surface area contributed by atoms with E-state index in [0.717, 1.165) is 6.07 Å². The molecule has 0 bridgehead atoms. The van der Waals surface area contributed by atoms with Crippen molar-refractivity contribution in [1.29, 1.82) is 0 Å². The molecule has 0 radical (unpaired) electrons. The molecule has 1 fully saturated rings. The molecule has 1 aromatic rings. The maximum Gasteiger partial charge on any atom is 0.416 e. The second kappa shape index (κ2) is 3.97. The Balaban J connectivity index is 2.20. The van der Waals surface area contributed by atoms with E-state index in [1.165, 1.54) is 13.0 Å². The van der Waals surface area contributed by atoms with Crippen LogP contribution in [0.15, 0.2) is 18.2 Å². The minimum Gasteiger partial charge on any atom is -0.488 e. The van der Waals surface area contributed by atoms with Crippen LogP contribution in [0.2, 0.25) is 0 Å². The lowest BCUT2D eigenvalue weighted by Gasteiger charge is -2.28. The first-order valence-corrected chi connectivity index (χ1v) is 5.02. The van der Waals surface area contributed by atoms with Crippen LogP contribution in [-0.4, -0.2) is 19.2 Å². The van der Waals surface area contributed by atoms with Gasteiger partial charge >= 0.3 is 6.18 Å². The van der Waals surface area contributed by atoms with Gasteiger partial charge in [-0.15, -0.1) is 0 Å². The number of alkyl halides is 3. The number of benzene rings is 1. The van der Waals surface area contributed by atoms with Crippen LogP contribution in [0.4, 0.5) is 13.2 Å². The summed E-state index contributed by atoms with van der Waals surface area (Å²) in [5.74, 6) is 0.282. The van der Waals surface area contributed by atoms with Gasteiger partial charge in [0.1, 0.15) is 11.9 Å². The smallest absolute Gasteiger partial charge is 0.416 e. The number of halogens is 3. The molecule has 1 saturated heterocycles. The van der Waals surface area contributed by atoms with E-state index in [2.05, 4.69) is 5.32 Å². The summed E-state index contributed by atoms with van der Waals surface area (Å²) in [4.78, 5) is 0. The summed E-state index contributed by atoms with van der Waals surface area (Å²) in [5.41, 5.74) is -0.413. The van der Waals surface area contributed by atoms with Crippen LogP contribution in [0, 0.1) is 6.92 Å². The van der Waals surface area contributed by atoms with E-state index in [0.29, 0.717) is 13.1 Å². The van der Waals surface area contributed by atoms with Crippen molar-refractivity contribution >= 4 is 0 Å². The highest BCUT2D eigenvalue weighted by atomic mass is 19.4. The van der Waals surface area contributed by atoms with Gasteiger partial charge in [-0.2, -0.15) is 13.2 Å². The zero-order chi connectivity index (χ0) is 11.8. The fourth-order valence-electron chi connectivity index (χ4n) is 1.52. The maximum atomic E-state index is 12.6. The zero-order valence-electron chi connectivity index (χ0n) is 8.77. The molecular weight excluding hydrogens is 219 g/mol. The Bertz CT molecular complexity index is 385. The Hall–Kier alpha value is -1.23. The van der Waals surface area contributed by atoms with Crippen LogP contribution in [0.25, 0.3) is 0 Å². The van der Waals surface area contributed by atoms with Crippen molar-refractivity contribution in [2.45, 2.75) is 19.2 Å². The number of rotatable bonds is 2. The predicted octanol–water partition coefficient (Wildman–Crippen LogP) is 2.36. The largest absolute Gasteiger partial charge is 0.488 e. The maximum absolute atomic E-state index is 12.6. The number of ether oxygens (including phenoxy) is 1. The second-order valence-electron chi connectivity index (χ2n) is 3.87. The van der Waals surface area contributed by atoms with E-state index >= 15 is 0 Å². The number of hydrogen-bond acceptors (Lipinski definition) is 2. The van der Waals surface area contributed by atoms with E-state index in [1.54, 1.807) is 6.07 Å². The average Bonchev–Trinajstić information content (AvgIpc) is 2.12. The van der Waals surface area contributed by atoms with Crippen molar-refractivity contribution < 1.29 is 17.9 Å². The lowest BCUT2D eigenvalue weighted by Crippen LogP contribution is -2.50. The summed E-state index contributed by atoms with van der Waals surface area (Å²) >= 11 is 0. The van der Waals surface area contributed by atoms with Gasteiger partial charge in [0.05, 0.1) is 5.56 Å². The zero-order valence-corrected chi connectivity index (χ0v) is 8.77. The highest BCUT2D eigenvalue weighted by molar-refractivity contribution is 5.36. The highest BCUT2D eigenvalue weighted by Crippen LogP contribution is 2.34. The molecule has 1 heterocycles. The van der Waals surface area contributed by atoms with Gasteiger partial charge < -0.3 is 10.1 Å². The Morgan fingerprint density at radius 3 is 2.50 bits per heavy atom. The van der Waals surface area contributed by atoms with Crippen molar-refractivity contribution in [1.82, 2.24) is 5.32 Å². The van der Waals surface area contributed by atoms with Crippen LogP contribution in [0.1, 0.15) is 11.1 Å². The number of aryl methyl sites for hydroxylation is 1. The lowest BCUT2D eigenvalue weighted by atomic mass is 10.1. The standard InChI is InChI=1S/C11H12F3NO/c1-7-2-3-8(16-9-5-15-6-9)4-10(7)11(12,13)14/h2-4,9,15H,5-6H2,1H3. The molecule has 0 atom stereocenters. The first-order chi connectivity index (χ1) is 7.47. The third-order valence-corrected chi connectivity index (χ3v) is 2.56. The van der Waals surface area contributed by atoms with E-state index in [1.807, 2.05) is 0 Å². The molecule has 0 aliphatic carbocycles. The average molecular weight is 231 g/mol. The summed E-state index contributed by atoms with van der Waals surface area (Å²) in [5, 5.41) is 2.99. The van der Waals surface area contributed by atoms with E-state index < -0.39 is 11.7 Å². The normalized spacial score (nSPS) is 17.0. The molecule has 5 heteroatoms. The first kappa shape index (κ1) is 11.3. The van der Waals surface area contributed by atoms with Crippen LogP contribution >= 0.6 is 0 Å².